The first-order valence-corrected chi connectivity index (χ1v) is 5.28. The Hall–Kier alpha value is -1.89. The molecule has 0 radical (unpaired) electrons. The summed E-state index contributed by atoms with van der Waals surface area (Å²) in [6, 6.07) is 3.80. The normalized spacial score (nSPS) is 9.82. The van der Waals surface area contributed by atoms with Gasteiger partial charge < -0.3 is 4.90 Å². The van der Waals surface area contributed by atoms with Gasteiger partial charge in [-0.05, 0) is 26.0 Å². The predicted molar refractivity (Wildman–Crippen MR) is 63.8 cm³/mol. The zero-order valence-corrected chi connectivity index (χ0v) is 9.93. The van der Waals surface area contributed by atoms with E-state index in [1.165, 1.54) is 0 Å². The first-order valence-electron chi connectivity index (χ1n) is 5.28. The lowest BCUT2D eigenvalue weighted by Gasteiger charge is -2.24. The van der Waals surface area contributed by atoms with E-state index in [4.69, 9.17) is 5.26 Å². The highest BCUT2D eigenvalue weighted by Gasteiger charge is 2.16. The minimum absolute atomic E-state index is 0.0184. The van der Waals surface area contributed by atoms with Crippen molar-refractivity contribution in [1.29, 1.82) is 5.26 Å². The van der Waals surface area contributed by atoms with Gasteiger partial charge in [0, 0.05) is 13.1 Å². The largest absolute Gasteiger partial charge is 0.363 e. The molecule has 0 N–H and O–H groups in total. The molecule has 0 spiro atoms. The zero-order valence-electron chi connectivity index (χ0n) is 9.93. The minimum Gasteiger partial charge on any atom is -0.363 e. The summed E-state index contributed by atoms with van der Waals surface area (Å²) >= 11 is 0. The molecule has 0 aromatic heterocycles. The number of rotatable bonds is 4. The molecule has 0 amide bonds. The Morgan fingerprint density at radius 3 is 2.29 bits per heavy atom. The topological polar surface area (TPSA) is 27.0 Å². The molecule has 0 aliphatic rings. The third-order valence-corrected chi connectivity index (χ3v) is 2.30. The summed E-state index contributed by atoms with van der Waals surface area (Å²) in [6.45, 7) is 8.17. The molecule has 2 nitrogen and oxygen atoms in total. The van der Waals surface area contributed by atoms with Crippen molar-refractivity contribution in [3.05, 3.63) is 41.5 Å². The van der Waals surface area contributed by atoms with Gasteiger partial charge >= 0.3 is 0 Å². The second-order valence-electron chi connectivity index (χ2n) is 3.87. The average molecular weight is 236 g/mol. The van der Waals surface area contributed by atoms with E-state index in [1.807, 2.05) is 0 Å². The van der Waals surface area contributed by atoms with Crippen LogP contribution in [0.3, 0.4) is 0 Å². The van der Waals surface area contributed by atoms with Gasteiger partial charge in [-0.1, -0.05) is 12.2 Å². The van der Waals surface area contributed by atoms with Crippen molar-refractivity contribution in [1.82, 2.24) is 0 Å². The lowest BCUT2D eigenvalue weighted by molar-refractivity contribution is 0.574. The van der Waals surface area contributed by atoms with Crippen molar-refractivity contribution in [2.75, 3.05) is 18.0 Å². The fourth-order valence-electron chi connectivity index (χ4n) is 1.61. The second kappa shape index (κ2) is 5.44. The van der Waals surface area contributed by atoms with Gasteiger partial charge in [0.25, 0.3) is 0 Å². The molecule has 0 unspecified atom stereocenters. The lowest BCUT2D eigenvalue weighted by Crippen LogP contribution is -2.26. The SMILES string of the molecule is C=C(C)CN(CC)c1c(F)cc(C#N)cc1F. The van der Waals surface area contributed by atoms with Gasteiger partial charge in [0.1, 0.15) is 5.69 Å². The van der Waals surface area contributed by atoms with E-state index in [0.717, 1.165) is 17.7 Å². The maximum Gasteiger partial charge on any atom is 0.150 e. The smallest absolute Gasteiger partial charge is 0.150 e. The van der Waals surface area contributed by atoms with Crippen molar-refractivity contribution in [2.45, 2.75) is 13.8 Å². The van der Waals surface area contributed by atoms with E-state index in [-0.39, 0.29) is 11.3 Å². The van der Waals surface area contributed by atoms with Gasteiger partial charge in [0.2, 0.25) is 0 Å². The Labute approximate surface area is 99.8 Å². The Balaban J connectivity index is 3.20. The molecule has 0 saturated carbocycles. The molecule has 1 aromatic rings. The van der Waals surface area contributed by atoms with Crippen LogP contribution < -0.4 is 4.90 Å². The van der Waals surface area contributed by atoms with Gasteiger partial charge in [-0.15, -0.1) is 0 Å². The predicted octanol–water partition coefficient (Wildman–Crippen LogP) is 3.24. The summed E-state index contributed by atoms with van der Waals surface area (Å²) < 4.78 is 27.4. The summed E-state index contributed by atoms with van der Waals surface area (Å²) in [5.41, 5.74) is 0.694. The molecule has 0 saturated heterocycles. The maximum atomic E-state index is 13.7. The molecule has 1 rings (SSSR count). The molecule has 4 heteroatoms. The van der Waals surface area contributed by atoms with Crippen molar-refractivity contribution in [2.24, 2.45) is 0 Å². The number of nitriles is 1. The first-order chi connectivity index (χ1) is 7.99. The molecule has 0 fully saturated rings. The fraction of sp³-hybridized carbons (Fsp3) is 0.308. The van der Waals surface area contributed by atoms with Crippen LogP contribution in [0.25, 0.3) is 0 Å². The molecule has 90 valence electrons. The third kappa shape index (κ3) is 3.04. The minimum atomic E-state index is -0.718. The van der Waals surface area contributed by atoms with Gasteiger partial charge in [-0.2, -0.15) is 5.26 Å². The molecule has 0 atom stereocenters. The fourth-order valence-corrected chi connectivity index (χ4v) is 1.61. The number of likely N-dealkylation sites (N-methyl/N-ethyl adjacent to an activating group) is 1. The summed E-state index contributed by atoms with van der Waals surface area (Å²) in [5.74, 6) is -1.44. The van der Waals surface area contributed by atoms with Crippen LogP contribution in [0.4, 0.5) is 14.5 Å². The van der Waals surface area contributed by atoms with Crippen molar-refractivity contribution in [3.63, 3.8) is 0 Å². The Bertz CT molecular complexity index is 452. The second-order valence-corrected chi connectivity index (χ2v) is 3.87. The highest BCUT2D eigenvalue weighted by atomic mass is 19.1. The molecule has 0 bridgehead atoms. The zero-order chi connectivity index (χ0) is 13.0. The Morgan fingerprint density at radius 2 is 1.94 bits per heavy atom. The van der Waals surface area contributed by atoms with Crippen LogP contribution in [-0.4, -0.2) is 13.1 Å². The molecular formula is C13H14F2N2. The van der Waals surface area contributed by atoms with Crippen molar-refractivity contribution < 1.29 is 8.78 Å². The van der Waals surface area contributed by atoms with Crippen LogP contribution in [0.2, 0.25) is 0 Å². The molecule has 0 aliphatic carbocycles. The molecule has 0 heterocycles. The van der Waals surface area contributed by atoms with E-state index >= 15 is 0 Å². The Morgan fingerprint density at radius 1 is 1.41 bits per heavy atom. The van der Waals surface area contributed by atoms with Crippen LogP contribution in [0.5, 0.6) is 0 Å². The number of halogens is 2. The van der Waals surface area contributed by atoms with Crippen LogP contribution >= 0.6 is 0 Å². The standard InChI is InChI=1S/C13H14F2N2/c1-4-17(8-9(2)3)13-11(14)5-10(7-16)6-12(13)15/h5-6H,2,4,8H2,1,3H3. The highest BCUT2D eigenvalue weighted by Crippen LogP contribution is 2.25. The molecular weight excluding hydrogens is 222 g/mol. The lowest BCUT2D eigenvalue weighted by atomic mass is 10.1. The van der Waals surface area contributed by atoms with Gasteiger partial charge in [-0.25, -0.2) is 8.78 Å². The van der Waals surface area contributed by atoms with Gasteiger partial charge in [0.05, 0.1) is 11.6 Å². The summed E-state index contributed by atoms with van der Waals surface area (Å²) in [5, 5.41) is 8.61. The number of nitrogens with zero attached hydrogens (tertiary/aromatic N) is 2. The van der Waals surface area contributed by atoms with Crippen LogP contribution in [0.15, 0.2) is 24.3 Å². The maximum absolute atomic E-state index is 13.7. The van der Waals surface area contributed by atoms with Crippen LogP contribution in [0, 0.1) is 23.0 Å². The van der Waals surface area contributed by atoms with Gasteiger partial charge in [0.15, 0.2) is 11.6 Å². The molecule has 0 aliphatic heterocycles. The summed E-state index contributed by atoms with van der Waals surface area (Å²) in [6.07, 6.45) is 0. The van der Waals surface area contributed by atoms with Gasteiger partial charge in [-0.3, -0.25) is 0 Å². The van der Waals surface area contributed by atoms with E-state index in [0.29, 0.717) is 13.1 Å². The number of anilines is 1. The van der Waals surface area contributed by atoms with E-state index in [1.54, 1.807) is 24.8 Å². The number of hydrogen-bond donors (Lipinski definition) is 0. The first kappa shape index (κ1) is 13.2. The monoisotopic (exact) mass is 236 g/mol. The average Bonchev–Trinajstić information content (AvgIpc) is 2.25. The highest BCUT2D eigenvalue weighted by molar-refractivity contribution is 5.53. The van der Waals surface area contributed by atoms with Crippen molar-refractivity contribution in [3.8, 4) is 6.07 Å². The van der Waals surface area contributed by atoms with Crippen LogP contribution in [0.1, 0.15) is 19.4 Å². The summed E-state index contributed by atoms with van der Waals surface area (Å²) in [7, 11) is 0. The summed E-state index contributed by atoms with van der Waals surface area (Å²) in [4.78, 5) is 1.55. The molecule has 1 aromatic carbocycles. The van der Waals surface area contributed by atoms with Crippen molar-refractivity contribution >= 4 is 5.69 Å². The van der Waals surface area contributed by atoms with E-state index in [2.05, 4.69) is 6.58 Å². The quantitative estimate of drug-likeness (QED) is 0.750. The third-order valence-electron chi connectivity index (χ3n) is 2.30. The molecule has 17 heavy (non-hydrogen) atoms. The van der Waals surface area contributed by atoms with E-state index < -0.39 is 11.6 Å². The van der Waals surface area contributed by atoms with Crippen LogP contribution in [-0.2, 0) is 0 Å². The number of benzene rings is 1. The Kier molecular flexibility index (Phi) is 4.22. The number of hydrogen-bond acceptors (Lipinski definition) is 2. The van der Waals surface area contributed by atoms with E-state index in [9.17, 15) is 8.78 Å².